The minimum atomic E-state index is -3.85. The molecule has 0 fully saturated rings. The second-order valence-electron chi connectivity index (χ2n) is 4.12. The maximum Gasteiger partial charge on any atom is 0.492 e. The van der Waals surface area contributed by atoms with Gasteiger partial charge in [-0.3, -0.25) is 21.7 Å². The summed E-state index contributed by atoms with van der Waals surface area (Å²) in [5.74, 6) is 0. The van der Waals surface area contributed by atoms with E-state index in [1.807, 2.05) is 0 Å². The molecule has 0 unspecified atom stereocenters. The average Bonchev–Trinajstić information content (AvgIpc) is 2.34. The summed E-state index contributed by atoms with van der Waals surface area (Å²) in [4.78, 5) is 26.3. The Morgan fingerprint density at radius 2 is 1.26 bits per heavy atom. The molecule has 0 rings (SSSR count). The first-order chi connectivity index (χ1) is 9.06. The molecule has 10 N–H and O–H groups in total. The molecule has 0 atom stereocenters. The first-order valence-electron chi connectivity index (χ1n) is 6.55. The zero-order chi connectivity index (χ0) is 14.4. The summed E-state index contributed by atoms with van der Waals surface area (Å²) in [6.07, 6.45) is 0.555. The molecule has 0 heterocycles. The van der Waals surface area contributed by atoms with Crippen molar-refractivity contribution in [1.29, 1.82) is 0 Å². The van der Waals surface area contributed by atoms with Crippen LogP contribution < -0.4 is 32.8 Å². The van der Waals surface area contributed by atoms with Crippen LogP contribution in [0, 0.1) is 0 Å². The third kappa shape index (κ3) is 17.9. The van der Waals surface area contributed by atoms with Gasteiger partial charge in [-0.05, 0) is 13.0 Å². The first-order valence-corrected chi connectivity index (χ1v) is 8.60. The highest BCUT2D eigenvalue weighted by Crippen LogP contribution is 1.98. The van der Waals surface area contributed by atoms with E-state index < -0.39 is 8.80 Å². The number of hydrogen-bond donors (Lipinski definition) is 9. The number of nitrogens with two attached hydrogens (primary N) is 1. The number of hydrogen-bond acceptors (Lipinski definition) is 9. The van der Waals surface area contributed by atoms with Crippen LogP contribution in [0.25, 0.3) is 0 Å². The van der Waals surface area contributed by atoms with Crippen LogP contribution in [0.4, 0.5) is 0 Å². The molecule has 10 heteroatoms. The molecule has 0 aromatic rings. The van der Waals surface area contributed by atoms with Gasteiger partial charge >= 0.3 is 8.80 Å². The Bertz CT molecular complexity index is 195. The third-order valence-corrected chi connectivity index (χ3v) is 3.21. The Balaban J connectivity index is 2.99. The van der Waals surface area contributed by atoms with Crippen LogP contribution in [0.15, 0.2) is 0 Å². The van der Waals surface area contributed by atoms with Gasteiger partial charge in [0.1, 0.15) is 0 Å². The van der Waals surface area contributed by atoms with Crippen LogP contribution >= 0.6 is 0 Å². The summed E-state index contributed by atoms with van der Waals surface area (Å²) in [6.45, 7) is 5.11. The van der Waals surface area contributed by atoms with E-state index in [1.165, 1.54) is 0 Å². The fourth-order valence-electron chi connectivity index (χ4n) is 1.28. The molecule has 0 spiro atoms. The van der Waals surface area contributed by atoms with Crippen LogP contribution in [0.5, 0.6) is 0 Å². The molecule has 0 saturated carbocycles. The van der Waals surface area contributed by atoms with E-state index >= 15 is 0 Å². The molecule has 0 saturated heterocycles. The van der Waals surface area contributed by atoms with Gasteiger partial charge in [0, 0.05) is 45.3 Å². The first kappa shape index (κ1) is 18.9. The summed E-state index contributed by atoms with van der Waals surface area (Å²) < 4.78 is 0. The topological polar surface area (TPSA) is 147 Å². The van der Waals surface area contributed by atoms with Crippen molar-refractivity contribution in [2.45, 2.75) is 12.5 Å². The predicted octanol–water partition coefficient (Wildman–Crippen LogP) is -3.97. The Morgan fingerprint density at radius 3 is 1.79 bits per heavy atom. The molecule has 0 radical (unpaired) electrons. The largest absolute Gasteiger partial charge is 0.492 e. The van der Waals surface area contributed by atoms with Gasteiger partial charge in [-0.2, -0.15) is 0 Å². The molecule has 0 aliphatic heterocycles. The van der Waals surface area contributed by atoms with E-state index in [0.717, 1.165) is 32.7 Å². The van der Waals surface area contributed by atoms with Crippen molar-refractivity contribution in [2.75, 3.05) is 45.8 Å². The van der Waals surface area contributed by atoms with Crippen molar-refractivity contribution < 1.29 is 14.4 Å². The molecule has 116 valence electrons. The van der Waals surface area contributed by atoms with Gasteiger partial charge in [0.2, 0.25) is 0 Å². The van der Waals surface area contributed by atoms with E-state index in [0.29, 0.717) is 19.5 Å². The number of hydrazine groups is 2. The van der Waals surface area contributed by atoms with E-state index in [2.05, 4.69) is 27.0 Å². The number of rotatable bonds is 14. The standard InChI is InChI=1S/C9H28N6O3Si/c10-2-4-12-14-7-8-15-13-6-5-11-3-1-9-19(16,17)18/h11-18H,1-10H2. The smallest absolute Gasteiger partial charge is 0.390 e. The summed E-state index contributed by atoms with van der Waals surface area (Å²) >= 11 is 0. The average molecular weight is 296 g/mol. The van der Waals surface area contributed by atoms with Gasteiger partial charge in [-0.1, -0.05) is 0 Å². The lowest BCUT2D eigenvalue weighted by Gasteiger charge is -2.10. The minimum absolute atomic E-state index is 0.0765. The fourth-order valence-corrected chi connectivity index (χ4v) is 1.93. The lowest BCUT2D eigenvalue weighted by Crippen LogP contribution is -2.44. The van der Waals surface area contributed by atoms with E-state index in [1.54, 1.807) is 0 Å². The predicted molar refractivity (Wildman–Crippen MR) is 75.8 cm³/mol. The van der Waals surface area contributed by atoms with Gasteiger partial charge in [0.15, 0.2) is 0 Å². The van der Waals surface area contributed by atoms with Gasteiger partial charge in [-0.25, -0.2) is 0 Å². The van der Waals surface area contributed by atoms with Gasteiger partial charge in [0.05, 0.1) is 0 Å². The van der Waals surface area contributed by atoms with Crippen molar-refractivity contribution in [2.24, 2.45) is 5.73 Å². The molecule has 0 aromatic heterocycles. The monoisotopic (exact) mass is 296 g/mol. The van der Waals surface area contributed by atoms with E-state index in [-0.39, 0.29) is 6.04 Å². The Kier molecular flexibility index (Phi) is 12.8. The van der Waals surface area contributed by atoms with Crippen LogP contribution in [-0.2, 0) is 0 Å². The maximum atomic E-state index is 8.78. The van der Waals surface area contributed by atoms with Crippen molar-refractivity contribution >= 4 is 8.80 Å². The molecular formula is C9H28N6O3Si. The SMILES string of the molecule is NCCNNCCNNCCNCCC[Si](O)(O)O. The van der Waals surface area contributed by atoms with E-state index in [9.17, 15) is 0 Å². The molecule has 0 aliphatic rings. The zero-order valence-electron chi connectivity index (χ0n) is 11.3. The fraction of sp³-hybridized carbons (Fsp3) is 1.00. The van der Waals surface area contributed by atoms with Gasteiger partial charge < -0.3 is 25.4 Å². The lowest BCUT2D eigenvalue weighted by molar-refractivity contribution is 0.226. The summed E-state index contributed by atoms with van der Waals surface area (Å²) in [6, 6.07) is 0.0765. The molecule has 0 bridgehead atoms. The molecule has 0 amide bonds. The van der Waals surface area contributed by atoms with Crippen LogP contribution in [-0.4, -0.2) is 69.0 Å². The summed E-state index contributed by atoms with van der Waals surface area (Å²) in [5.41, 5.74) is 17.3. The van der Waals surface area contributed by atoms with Crippen LogP contribution in [0.2, 0.25) is 6.04 Å². The molecule has 0 aromatic carbocycles. The lowest BCUT2D eigenvalue weighted by atomic mass is 10.4. The molecule has 9 nitrogen and oxygen atoms in total. The van der Waals surface area contributed by atoms with Crippen molar-refractivity contribution in [3.8, 4) is 0 Å². The quantitative estimate of drug-likeness (QED) is 0.0889. The summed E-state index contributed by atoms with van der Waals surface area (Å²) in [5, 5.41) is 3.12. The minimum Gasteiger partial charge on any atom is -0.390 e. The molecule has 19 heavy (non-hydrogen) atoms. The van der Waals surface area contributed by atoms with Crippen molar-refractivity contribution in [1.82, 2.24) is 27.0 Å². The second-order valence-corrected chi connectivity index (χ2v) is 6.17. The van der Waals surface area contributed by atoms with Crippen LogP contribution in [0.1, 0.15) is 6.42 Å². The maximum absolute atomic E-state index is 8.78. The number of nitrogens with one attached hydrogen (secondary N) is 5. The van der Waals surface area contributed by atoms with E-state index in [4.69, 9.17) is 20.1 Å². The molecular weight excluding hydrogens is 268 g/mol. The Morgan fingerprint density at radius 1 is 0.737 bits per heavy atom. The van der Waals surface area contributed by atoms with Gasteiger partial charge in [-0.15, -0.1) is 0 Å². The van der Waals surface area contributed by atoms with Crippen LogP contribution in [0.3, 0.4) is 0 Å². The third-order valence-electron chi connectivity index (χ3n) is 2.19. The summed E-state index contributed by atoms with van der Waals surface area (Å²) in [7, 11) is -3.85. The van der Waals surface area contributed by atoms with Crippen molar-refractivity contribution in [3.63, 3.8) is 0 Å². The highest BCUT2D eigenvalue weighted by molar-refractivity contribution is 6.56. The Labute approximate surface area is 115 Å². The Hall–Kier alpha value is -0.143. The van der Waals surface area contributed by atoms with Gasteiger partial charge in [0.25, 0.3) is 0 Å². The zero-order valence-corrected chi connectivity index (χ0v) is 12.3. The second kappa shape index (κ2) is 12.9. The normalized spacial score (nSPS) is 12.0. The highest BCUT2D eigenvalue weighted by atomic mass is 28.4. The van der Waals surface area contributed by atoms with Crippen molar-refractivity contribution in [3.05, 3.63) is 0 Å². The highest BCUT2D eigenvalue weighted by Gasteiger charge is 2.25. The molecule has 0 aliphatic carbocycles.